The van der Waals surface area contributed by atoms with Crippen molar-refractivity contribution in [1.29, 1.82) is 0 Å². The second kappa shape index (κ2) is 9.05. The molecule has 170 valence electrons. The molecule has 1 aliphatic rings. The molecule has 0 bridgehead atoms. The Labute approximate surface area is 192 Å². The Balaban J connectivity index is 1.24. The zero-order chi connectivity index (χ0) is 22.8. The third-order valence-electron chi connectivity index (χ3n) is 6.19. The number of hydrogen-bond donors (Lipinski definition) is 1. The quantitative estimate of drug-likeness (QED) is 0.488. The predicted molar refractivity (Wildman–Crippen MR) is 126 cm³/mol. The summed E-state index contributed by atoms with van der Waals surface area (Å²) in [5, 5.41) is 16.6. The molecule has 1 aliphatic heterocycles. The van der Waals surface area contributed by atoms with Gasteiger partial charge in [-0.05, 0) is 57.0 Å². The van der Waals surface area contributed by atoms with E-state index in [1.807, 2.05) is 43.3 Å². The van der Waals surface area contributed by atoms with Crippen LogP contribution < -0.4 is 10.2 Å². The Bertz CT molecular complexity index is 1240. The van der Waals surface area contributed by atoms with Gasteiger partial charge in [0, 0.05) is 37.0 Å². The van der Waals surface area contributed by atoms with Crippen molar-refractivity contribution in [2.75, 3.05) is 18.0 Å². The number of carbonyl (C=O) groups excluding carboxylic acids is 1. The fourth-order valence-electron chi connectivity index (χ4n) is 4.43. The monoisotopic (exact) mass is 444 g/mol. The molecule has 1 N–H and O–H groups in total. The first-order valence-electron chi connectivity index (χ1n) is 11.4. The van der Waals surface area contributed by atoms with Crippen LogP contribution in [0.15, 0.2) is 59.2 Å². The van der Waals surface area contributed by atoms with Gasteiger partial charge >= 0.3 is 0 Å². The van der Waals surface area contributed by atoms with Crippen molar-refractivity contribution in [1.82, 2.24) is 25.1 Å². The lowest BCUT2D eigenvalue weighted by molar-refractivity contribution is -0.126. The Morgan fingerprint density at radius 3 is 2.76 bits per heavy atom. The summed E-state index contributed by atoms with van der Waals surface area (Å²) < 4.78 is 7.19. The van der Waals surface area contributed by atoms with Crippen LogP contribution in [0, 0.1) is 12.8 Å². The van der Waals surface area contributed by atoms with Crippen LogP contribution in [0.3, 0.4) is 0 Å². The lowest BCUT2D eigenvalue weighted by Crippen LogP contribution is -2.44. The normalized spacial score (nSPS) is 15.6. The second-order valence-corrected chi connectivity index (χ2v) is 8.81. The highest BCUT2D eigenvalue weighted by Crippen LogP contribution is 2.24. The van der Waals surface area contributed by atoms with Crippen LogP contribution in [0.25, 0.3) is 17.0 Å². The summed E-state index contributed by atoms with van der Waals surface area (Å²) in [6.07, 6.45) is 3.95. The van der Waals surface area contributed by atoms with Crippen molar-refractivity contribution in [3.63, 3.8) is 0 Å². The smallest absolute Gasteiger partial charge is 0.223 e. The Kier molecular flexibility index (Phi) is 5.81. The number of hydrogen-bond acceptors (Lipinski definition) is 6. The van der Waals surface area contributed by atoms with E-state index < -0.39 is 0 Å². The molecule has 1 atom stereocenters. The fraction of sp³-hybridized carbons (Fsp3) is 0.360. The molecule has 1 fully saturated rings. The molecule has 0 spiro atoms. The molecule has 1 unspecified atom stereocenters. The van der Waals surface area contributed by atoms with Crippen LogP contribution in [-0.2, 0) is 11.2 Å². The first-order valence-corrected chi connectivity index (χ1v) is 11.4. The van der Waals surface area contributed by atoms with Gasteiger partial charge in [0.15, 0.2) is 11.5 Å². The number of furan rings is 1. The maximum Gasteiger partial charge on any atom is 0.223 e. The number of nitrogens with zero attached hydrogens (tertiary/aromatic N) is 5. The molecule has 4 aromatic rings. The van der Waals surface area contributed by atoms with Crippen LogP contribution in [0.1, 0.15) is 31.1 Å². The third-order valence-corrected chi connectivity index (χ3v) is 6.19. The number of fused-ring (bicyclic) bond motifs is 1. The number of carbonyl (C=O) groups is 1. The first kappa shape index (κ1) is 21.2. The summed E-state index contributed by atoms with van der Waals surface area (Å²) in [5.74, 6) is 2.63. The summed E-state index contributed by atoms with van der Waals surface area (Å²) in [5.41, 5.74) is 2.88. The molecule has 0 radical (unpaired) electrons. The second-order valence-electron chi connectivity index (χ2n) is 8.81. The number of benzene rings is 1. The first-order chi connectivity index (χ1) is 16.1. The molecule has 0 aliphatic carbocycles. The van der Waals surface area contributed by atoms with Gasteiger partial charge < -0.3 is 14.6 Å². The van der Waals surface area contributed by atoms with E-state index in [1.54, 1.807) is 10.8 Å². The maximum atomic E-state index is 12.8. The van der Waals surface area contributed by atoms with E-state index in [9.17, 15) is 4.79 Å². The third kappa shape index (κ3) is 4.60. The van der Waals surface area contributed by atoms with Gasteiger partial charge in [-0.1, -0.05) is 23.8 Å². The van der Waals surface area contributed by atoms with Crippen molar-refractivity contribution in [2.24, 2.45) is 5.92 Å². The van der Waals surface area contributed by atoms with Gasteiger partial charge in [0.05, 0.1) is 6.26 Å². The average molecular weight is 445 g/mol. The molecule has 33 heavy (non-hydrogen) atoms. The summed E-state index contributed by atoms with van der Waals surface area (Å²) in [6, 6.07) is 16.0. The predicted octanol–water partition coefficient (Wildman–Crippen LogP) is 3.66. The number of rotatable bonds is 6. The maximum absolute atomic E-state index is 12.8. The van der Waals surface area contributed by atoms with E-state index in [4.69, 9.17) is 9.52 Å². The number of piperidine rings is 1. The number of aryl methyl sites for hydroxylation is 1. The minimum absolute atomic E-state index is 0.0156. The molecular weight excluding hydrogens is 416 g/mol. The highest BCUT2D eigenvalue weighted by molar-refractivity contribution is 5.79. The summed E-state index contributed by atoms with van der Waals surface area (Å²) >= 11 is 0. The minimum Gasteiger partial charge on any atom is -0.469 e. The van der Waals surface area contributed by atoms with Crippen molar-refractivity contribution in [2.45, 2.75) is 39.2 Å². The highest BCUT2D eigenvalue weighted by atomic mass is 16.3. The van der Waals surface area contributed by atoms with E-state index in [0.717, 1.165) is 54.5 Å². The molecule has 8 heteroatoms. The van der Waals surface area contributed by atoms with Gasteiger partial charge in [0.1, 0.15) is 11.6 Å². The molecule has 1 aromatic carbocycles. The van der Waals surface area contributed by atoms with E-state index in [-0.39, 0.29) is 17.9 Å². The van der Waals surface area contributed by atoms with Gasteiger partial charge in [0.2, 0.25) is 5.91 Å². The van der Waals surface area contributed by atoms with Crippen LogP contribution in [0.4, 0.5) is 5.82 Å². The van der Waals surface area contributed by atoms with Crippen molar-refractivity contribution in [3.8, 4) is 11.4 Å². The largest absolute Gasteiger partial charge is 0.469 e. The Hall–Kier alpha value is -3.68. The lowest BCUT2D eigenvalue weighted by Gasteiger charge is -2.32. The zero-order valence-electron chi connectivity index (χ0n) is 18.9. The number of nitrogens with one attached hydrogen (secondary N) is 1. The summed E-state index contributed by atoms with van der Waals surface area (Å²) in [7, 11) is 0. The molecule has 4 heterocycles. The van der Waals surface area contributed by atoms with Crippen LogP contribution >= 0.6 is 0 Å². The number of amides is 1. The average Bonchev–Trinajstić information content (AvgIpc) is 3.48. The van der Waals surface area contributed by atoms with E-state index in [0.29, 0.717) is 6.42 Å². The van der Waals surface area contributed by atoms with Gasteiger partial charge in [-0.15, -0.1) is 15.3 Å². The van der Waals surface area contributed by atoms with Crippen molar-refractivity contribution >= 4 is 17.4 Å². The van der Waals surface area contributed by atoms with E-state index in [2.05, 4.69) is 39.5 Å². The molecule has 5 rings (SSSR count). The SMILES string of the molecule is Cc1cccc(-c2nnc3ccc(N4CCC(C(=O)NC(C)Cc5ccco5)CC4)nn23)c1. The lowest BCUT2D eigenvalue weighted by atomic mass is 9.95. The standard InChI is InChI=1S/C25H28N6O2/c1-17-5-3-6-20(15-17)24-28-27-22-8-9-23(29-31(22)24)30-12-10-19(11-13-30)25(32)26-18(2)16-21-7-4-14-33-21/h3-9,14-15,18-19H,10-13,16H2,1-2H3,(H,26,32). The highest BCUT2D eigenvalue weighted by Gasteiger charge is 2.27. The van der Waals surface area contributed by atoms with Crippen LogP contribution in [0.2, 0.25) is 0 Å². The molecule has 8 nitrogen and oxygen atoms in total. The van der Waals surface area contributed by atoms with Gasteiger partial charge in [-0.3, -0.25) is 4.79 Å². The van der Waals surface area contributed by atoms with Gasteiger partial charge in [-0.25, -0.2) is 0 Å². The molecule has 3 aromatic heterocycles. The summed E-state index contributed by atoms with van der Waals surface area (Å²) in [6.45, 7) is 5.64. The Morgan fingerprint density at radius 1 is 1.15 bits per heavy atom. The van der Waals surface area contributed by atoms with Crippen molar-refractivity contribution < 1.29 is 9.21 Å². The topological polar surface area (TPSA) is 88.6 Å². The molecular formula is C25H28N6O2. The van der Waals surface area contributed by atoms with E-state index in [1.165, 1.54) is 5.56 Å². The van der Waals surface area contributed by atoms with Crippen molar-refractivity contribution in [3.05, 3.63) is 66.1 Å². The number of anilines is 1. The van der Waals surface area contributed by atoms with Gasteiger partial charge in [0.25, 0.3) is 0 Å². The van der Waals surface area contributed by atoms with Crippen LogP contribution in [-0.4, -0.2) is 44.8 Å². The fourth-order valence-corrected chi connectivity index (χ4v) is 4.43. The zero-order valence-corrected chi connectivity index (χ0v) is 18.9. The minimum atomic E-state index is 0.0156. The summed E-state index contributed by atoms with van der Waals surface area (Å²) in [4.78, 5) is 15.0. The van der Waals surface area contributed by atoms with Gasteiger partial charge in [-0.2, -0.15) is 4.52 Å². The molecule has 0 saturated carbocycles. The molecule has 1 saturated heterocycles. The molecule has 1 amide bonds. The number of aromatic nitrogens is 4. The van der Waals surface area contributed by atoms with Crippen LogP contribution in [0.5, 0.6) is 0 Å². The van der Waals surface area contributed by atoms with E-state index >= 15 is 0 Å². The Morgan fingerprint density at radius 2 is 2.00 bits per heavy atom.